The van der Waals surface area contributed by atoms with Crippen LogP contribution in [0.2, 0.25) is 0 Å². The van der Waals surface area contributed by atoms with Crippen molar-refractivity contribution in [2.45, 2.75) is 57.8 Å². The molecule has 1 atom stereocenters. The van der Waals surface area contributed by atoms with E-state index in [9.17, 15) is 13.2 Å². The number of aryl methyl sites for hydroxylation is 1. The van der Waals surface area contributed by atoms with Crippen LogP contribution in [0.25, 0.3) is 11.4 Å². The molecule has 3 aliphatic rings. The molecule has 4 heterocycles. The van der Waals surface area contributed by atoms with Crippen LogP contribution in [0.3, 0.4) is 0 Å². The quantitative estimate of drug-likeness (QED) is 0.431. The van der Waals surface area contributed by atoms with Gasteiger partial charge < -0.3 is 14.7 Å². The number of hydrazine groups is 1. The number of fused-ring (bicyclic) bond motifs is 1. The summed E-state index contributed by atoms with van der Waals surface area (Å²) in [4.78, 5) is 22.5. The molecule has 1 N–H and O–H groups in total. The zero-order valence-corrected chi connectivity index (χ0v) is 22.4. The van der Waals surface area contributed by atoms with E-state index >= 15 is 0 Å². The molecule has 208 valence electrons. The highest BCUT2D eigenvalue weighted by atomic mass is 19.4. The van der Waals surface area contributed by atoms with Crippen LogP contribution in [0.5, 0.6) is 5.88 Å². The highest BCUT2D eigenvalue weighted by Crippen LogP contribution is 2.39. The molecule has 6 rings (SSSR count). The fraction of sp³-hybridized carbons (Fsp3) is 0.393. The first-order valence-electron chi connectivity index (χ1n) is 13.3. The van der Waals surface area contributed by atoms with Gasteiger partial charge in [0.15, 0.2) is 17.4 Å². The molecule has 1 fully saturated rings. The van der Waals surface area contributed by atoms with Crippen LogP contribution < -0.4 is 10.2 Å². The average Bonchev–Trinajstić information content (AvgIpc) is 3.56. The van der Waals surface area contributed by atoms with Crippen molar-refractivity contribution >= 4 is 11.7 Å². The minimum Gasteiger partial charge on any atom is -0.480 e. The second-order valence-electron chi connectivity index (χ2n) is 10.0. The maximum atomic E-state index is 13.2. The normalized spacial score (nSPS) is 17.9. The van der Waals surface area contributed by atoms with E-state index in [0.717, 1.165) is 47.3 Å². The summed E-state index contributed by atoms with van der Waals surface area (Å²) in [5.41, 5.74) is 6.61. The van der Waals surface area contributed by atoms with Crippen LogP contribution in [0.1, 0.15) is 67.6 Å². The molecule has 0 radical (unpaired) electrons. The van der Waals surface area contributed by atoms with Crippen molar-refractivity contribution in [3.8, 4) is 17.3 Å². The lowest BCUT2D eigenvalue weighted by Gasteiger charge is -2.30. The highest BCUT2D eigenvalue weighted by Gasteiger charge is 2.36. The molecule has 0 saturated heterocycles. The minimum absolute atomic E-state index is 0.141. The molecular formula is C28H29F3N8O. The Morgan fingerprint density at radius 2 is 1.93 bits per heavy atom. The predicted molar refractivity (Wildman–Crippen MR) is 144 cm³/mol. The first-order valence-corrected chi connectivity index (χ1v) is 13.3. The summed E-state index contributed by atoms with van der Waals surface area (Å²) >= 11 is 0. The number of aliphatic imine (C=N–C) groups is 2. The number of nitrogens with zero attached hydrogens (tertiary/aromatic N) is 7. The van der Waals surface area contributed by atoms with Gasteiger partial charge in [0.2, 0.25) is 5.88 Å². The van der Waals surface area contributed by atoms with Crippen molar-refractivity contribution in [3.05, 3.63) is 71.1 Å². The number of methoxy groups -OCH3 is 1. The Hall–Kier alpha value is -4.22. The SMILES string of the molecule is CCn1cc(C(F)(F)F)nc1-c1ccc(C(C)N2NC=C3CN=C(c4c(OC)ncnc4C4CCC4)N=C32)cc1. The van der Waals surface area contributed by atoms with Gasteiger partial charge in [-0.1, -0.05) is 30.7 Å². The van der Waals surface area contributed by atoms with E-state index in [1.54, 1.807) is 26.2 Å². The van der Waals surface area contributed by atoms with Gasteiger partial charge in [0.05, 0.1) is 25.4 Å². The summed E-state index contributed by atoms with van der Waals surface area (Å²) in [6, 6.07) is 7.28. The van der Waals surface area contributed by atoms with E-state index in [0.29, 0.717) is 36.3 Å². The molecule has 0 amide bonds. The Morgan fingerprint density at radius 3 is 2.58 bits per heavy atom. The molecular weight excluding hydrogens is 521 g/mol. The summed E-state index contributed by atoms with van der Waals surface area (Å²) < 4.78 is 46.8. The van der Waals surface area contributed by atoms with E-state index < -0.39 is 11.9 Å². The smallest absolute Gasteiger partial charge is 0.434 e. The largest absolute Gasteiger partial charge is 0.480 e. The Bertz CT molecular complexity index is 1520. The van der Waals surface area contributed by atoms with E-state index in [-0.39, 0.29) is 11.9 Å². The van der Waals surface area contributed by atoms with Gasteiger partial charge in [-0.25, -0.2) is 19.9 Å². The molecule has 9 nitrogen and oxygen atoms in total. The number of aromatic nitrogens is 4. The lowest BCUT2D eigenvalue weighted by Crippen LogP contribution is -2.39. The first kappa shape index (κ1) is 26.0. The Labute approximate surface area is 229 Å². The number of hydrogen-bond donors (Lipinski definition) is 1. The number of amidine groups is 2. The second kappa shape index (κ2) is 10.1. The number of hydrogen-bond acceptors (Lipinski definition) is 8. The van der Waals surface area contributed by atoms with Gasteiger partial charge in [0, 0.05) is 36.0 Å². The van der Waals surface area contributed by atoms with Gasteiger partial charge in [0.1, 0.15) is 17.7 Å². The summed E-state index contributed by atoms with van der Waals surface area (Å²) in [5, 5.41) is 1.97. The molecule has 1 aliphatic carbocycles. The van der Waals surface area contributed by atoms with E-state index in [1.807, 2.05) is 30.3 Å². The number of halogens is 3. The van der Waals surface area contributed by atoms with Crippen molar-refractivity contribution < 1.29 is 17.9 Å². The number of rotatable bonds is 7. The van der Waals surface area contributed by atoms with Gasteiger partial charge in [-0.3, -0.25) is 10.0 Å². The second-order valence-corrected chi connectivity index (χ2v) is 10.0. The maximum absolute atomic E-state index is 13.2. The van der Waals surface area contributed by atoms with E-state index in [1.165, 1.54) is 17.3 Å². The summed E-state index contributed by atoms with van der Waals surface area (Å²) in [5.74, 6) is 2.40. The molecule has 0 bridgehead atoms. The fourth-order valence-electron chi connectivity index (χ4n) is 5.22. The third-order valence-electron chi connectivity index (χ3n) is 7.70. The number of ether oxygens (including phenoxy) is 1. The van der Waals surface area contributed by atoms with Gasteiger partial charge in [-0.2, -0.15) is 13.2 Å². The van der Waals surface area contributed by atoms with Crippen molar-refractivity contribution in [2.75, 3.05) is 13.7 Å². The molecule has 2 aliphatic heterocycles. The fourth-order valence-corrected chi connectivity index (χ4v) is 5.22. The predicted octanol–water partition coefficient (Wildman–Crippen LogP) is 5.28. The third-order valence-corrected chi connectivity index (χ3v) is 7.70. The van der Waals surface area contributed by atoms with Gasteiger partial charge in [-0.15, -0.1) is 0 Å². The lowest BCUT2D eigenvalue weighted by atomic mass is 9.81. The van der Waals surface area contributed by atoms with Gasteiger partial charge in [0.25, 0.3) is 0 Å². The zero-order valence-electron chi connectivity index (χ0n) is 22.4. The molecule has 12 heteroatoms. The molecule has 3 aromatic rings. The molecule has 1 aromatic carbocycles. The summed E-state index contributed by atoms with van der Waals surface area (Å²) in [6.45, 7) is 4.66. The van der Waals surface area contributed by atoms with Crippen LogP contribution in [-0.4, -0.2) is 49.9 Å². The third kappa shape index (κ3) is 4.50. The molecule has 0 spiro atoms. The summed E-state index contributed by atoms with van der Waals surface area (Å²) in [7, 11) is 1.59. The van der Waals surface area contributed by atoms with Gasteiger partial charge >= 0.3 is 6.18 Å². The number of nitrogens with one attached hydrogen (secondary N) is 1. The number of alkyl halides is 3. The Morgan fingerprint density at radius 1 is 1.15 bits per heavy atom. The van der Waals surface area contributed by atoms with Crippen LogP contribution >= 0.6 is 0 Å². The molecule has 2 aromatic heterocycles. The monoisotopic (exact) mass is 550 g/mol. The first-order chi connectivity index (χ1) is 19.3. The lowest BCUT2D eigenvalue weighted by molar-refractivity contribution is -0.140. The van der Waals surface area contributed by atoms with E-state index in [2.05, 4.69) is 20.4 Å². The number of benzene rings is 1. The van der Waals surface area contributed by atoms with Crippen LogP contribution in [0.4, 0.5) is 13.2 Å². The minimum atomic E-state index is -4.49. The average molecular weight is 551 g/mol. The Kier molecular flexibility index (Phi) is 6.55. The van der Waals surface area contributed by atoms with Crippen molar-refractivity contribution in [1.82, 2.24) is 30.0 Å². The van der Waals surface area contributed by atoms with Crippen LogP contribution in [0.15, 0.2) is 58.5 Å². The molecule has 1 unspecified atom stereocenters. The van der Waals surface area contributed by atoms with Crippen molar-refractivity contribution in [2.24, 2.45) is 9.98 Å². The number of imidazole rings is 1. The van der Waals surface area contributed by atoms with Crippen LogP contribution in [-0.2, 0) is 12.7 Å². The van der Waals surface area contributed by atoms with Crippen molar-refractivity contribution in [1.29, 1.82) is 0 Å². The standard InChI is InChI=1S/C28H29F3N8O/c1-4-38-14-21(28(29,30)31)36-25(38)19-10-8-17(9-11-19)16(2)39-26-20(13-35-39)12-32-24(37-26)22-23(18-6-5-7-18)33-15-34-27(22)40-3/h8-11,13-16,18,35H,4-7,12H2,1-3H3. The molecule has 1 saturated carbocycles. The molecule has 40 heavy (non-hydrogen) atoms. The van der Waals surface area contributed by atoms with Gasteiger partial charge in [-0.05, 0) is 32.3 Å². The maximum Gasteiger partial charge on any atom is 0.434 e. The van der Waals surface area contributed by atoms with Crippen LogP contribution in [0, 0.1) is 0 Å². The summed E-state index contributed by atoms with van der Waals surface area (Å²) in [6.07, 6.45) is 3.29. The van der Waals surface area contributed by atoms with E-state index in [4.69, 9.17) is 14.7 Å². The van der Waals surface area contributed by atoms with Crippen molar-refractivity contribution in [3.63, 3.8) is 0 Å². The topological polar surface area (TPSA) is 92.8 Å². The highest BCUT2D eigenvalue weighted by molar-refractivity contribution is 6.15. The Balaban J connectivity index is 1.28. The zero-order chi connectivity index (χ0) is 28.0.